The molecule has 0 saturated carbocycles. The molecule has 2 unspecified atom stereocenters. The Hall–Kier alpha value is -1.55. The van der Waals surface area contributed by atoms with E-state index in [0.717, 1.165) is 18.6 Å². The molecule has 0 fully saturated rings. The average Bonchev–Trinajstić information content (AvgIpc) is 2.77. The normalized spacial score (nSPS) is 19.3. The Kier molecular flexibility index (Phi) is 4.10. The number of fused-ring (bicyclic) bond motifs is 1. The van der Waals surface area contributed by atoms with Crippen LogP contribution in [0.5, 0.6) is 5.75 Å². The van der Waals surface area contributed by atoms with Crippen molar-refractivity contribution in [1.29, 1.82) is 0 Å². The van der Waals surface area contributed by atoms with Crippen molar-refractivity contribution in [3.8, 4) is 5.75 Å². The molecule has 1 amide bonds. The van der Waals surface area contributed by atoms with E-state index in [9.17, 15) is 4.79 Å². The number of primary amides is 1. The smallest absolute Gasteiger partial charge is 0.234 e. The van der Waals surface area contributed by atoms with E-state index >= 15 is 0 Å². The molecule has 3 N–H and O–H groups in total. The molecule has 1 aromatic carbocycles. The maximum absolute atomic E-state index is 11.5. The summed E-state index contributed by atoms with van der Waals surface area (Å²) in [6.07, 6.45) is 2.03. The van der Waals surface area contributed by atoms with Crippen molar-refractivity contribution in [3.63, 3.8) is 0 Å². The van der Waals surface area contributed by atoms with Gasteiger partial charge >= 0.3 is 0 Å². The zero-order valence-corrected chi connectivity index (χ0v) is 11.8. The van der Waals surface area contributed by atoms with Gasteiger partial charge in [-0.15, -0.1) is 0 Å². The molecule has 0 bridgehead atoms. The Morgan fingerprint density at radius 2 is 2.21 bits per heavy atom. The quantitative estimate of drug-likeness (QED) is 0.850. The summed E-state index contributed by atoms with van der Waals surface area (Å²) < 4.78 is 5.27. The van der Waals surface area contributed by atoms with Gasteiger partial charge in [-0.2, -0.15) is 0 Å². The number of nitrogens with two attached hydrogens (primary N) is 1. The highest BCUT2D eigenvalue weighted by atomic mass is 16.5. The van der Waals surface area contributed by atoms with Crippen molar-refractivity contribution < 1.29 is 9.53 Å². The third-order valence-electron chi connectivity index (χ3n) is 3.78. The topological polar surface area (TPSA) is 64.3 Å². The highest BCUT2D eigenvalue weighted by Gasteiger charge is 2.28. The van der Waals surface area contributed by atoms with Crippen molar-refractivity contribution in [3.05, 3.63) is 29.3 Å². The number of carbonyl (C=O) groups is 1. The highest BCUT2D eigenvalue weighted by molar-refractivity contribution is 5.80. The summed E-state index contributed by atoms with van der Waals surface area (Å²) in [5.41, 5.74) is 8.02. The predicted molar refractivity (Wildman–Crippen MR) is 75.0 cm³/mol. The third kappa shape index (κ3) is 2.89. The molecular formula is C15H22N2O2. The van der Waals surface area contributed by atoms with Crippen LogP contribution in [-0.2, 0) is 11.2 Å². The number of aryl methyl sites for hydroxylation is 1. The Balaban J connectivity index is 2.19. The van der Waals surface area contributed by atoms with E-state index in [4.69, 9.17) is 10.5 Å². The van der Waals surface area contributed by atoms with Gasteiger partial charge in [-0.3, -0.25) is 10.1 Å². The lowest BCUT2D eigenvalue weighted by Gasteiger charge is -2.24. The lowest BCUT2D eigenvalue weighted by molar-refractivity contribution is -0.121. The van der Waals surface area contributed by atoms with Crippen molar-refractivity contribution in [2.45, 2.75) is 38.8 Å². The predicted octanol–water partition coefficient (Wildman–Crippen LogP) is 1.78. The standard InChI is InChI=1S/C15H22N2O2/c1-9(2)14(15(16)18)17-13-7-5-10-4-6-11(19-3)8-12(10)13/h4,6,8-9,13-14,17H,5,7H2,1-3H3,(H2,16,18). The van der Waals surface area contributed by atoms with Crippen molar-refractivity contribution in [1.82, 2.24) is 5.32 Å². The summed E-state index contributed by atoms with van der Waals surface area (Å²) >= 11 is 0. The van der Waals surface area contributed by atoms with Gasteiger partial charge in [0.15, 0.2) is 0 Å². The summed E-state index contributed by atoms with van der Waals surface area (Å²) in [5.74, 6) is 0.756. The second kappa shape index (κ2) is 5.61. The Morgan fingerprint density at radius 1 is 1.47 bits per heavy atom. The molecule has 0 heterocycles. The van der Waals surface area contributed by atoms with E-state index < -0.39 is 0 Å². The highest BCUT2D eigenvalue weighted by Crippen LogP contribution is 2.34. The second-order valence-corrected chi connectivity index (χ2v) is 5.45. The molecular weight excluding hydrogens is 240 g/mol. The minimum Gasteiger partial charge on any atom is -0.497 e. The summed E-state index contributed by atoms with van der Waals surface area (Å²) in [5, 5.41) is 3.39. The lowest BCUT2D eigenvalue weighted by atomic mass is 10.0. The molecule has 1 aromatic rings. The van der Waals surface area contributed by atoms with Gasteiger partial charge < -0.3 is 10.5 Å². The van der Waals surface area contributed by atoms with Gasteiger partial charge in [-0.25, -0.2) is 0 Å². The molecule has 0 aliphatic heterocycles. The summed E-state index contributed by atoms with van der Waals surface area (Å²) in [6, 6.07) is 6.03. The van der Waals surface area contributed by atoms with E-state index in [1.807, 2.05) is 19.9 Å². The fraction of sp³-hybridized carbons (Fsp3) is 0.533. The van der Waals surface area contributed by atoms with E-state index in [0.29, 0.717) is 0 Å². The van der Waals surface area contributed by atoms with Gasteiger partial charge in [0.2, 0.25) is 5.91 Å². The Morgan fingerprint density at radius 3 is 2.79 bits per heavy atom. The molecule has 1 aliphatic carbocycles. The summed E-state index contributed by atoms with van der Waals surface area (Å²) in [4.78, 5) is 11.5. The molecule has 104 valence electrons. The van der Waals surface area contributed by atoms with Gasteiger partial charge in [-0.1, -0.05) is 19.9 Å². The molecule has 19 heavy (non-hydrogen) atoms. The van der Waals surface area contributed by atoms with Crippen LogP contribution < -0.4 is 15.8 Å². The van der Waals surface area contributed by atoms with Gasteiger partial charge in [-0.05, 0) is 42.0 Å². The van der Waals surface area contributed by atoms with Crippen LogP contribution in [0.4, 0.5) is 0 Å². The van der Waals surface area contributed by atoms with Crippen molar-refractivity contribution in [2.75, 3.05) is 7.11 Å². The molecule has 0 saturated heterocycles. The van der Waals surface area contributed by atoms with E-state index in [2.05, 4.69) is 17.4 Å². The van der Waals surface area contributed by atoms with E-state index in [-0.39, 0.29) is 23.9 Å². The summed E-state index contributed by atoms with van der Waals surface area (Å²) in [7, 11) is 1.67. The monoisotopic (exact) mass is 262 g/mol. The summed E-state index contributed by atoms with van der Waals surface area (Å²) in [6.45, 7) is 4.01. The van der Waals surface area contributed by atoms with Crippen LogP contribution in [0.1, 0.15) is 37.4 Å². The number of carbonyl (C=O) groups excluding carboxylic acids is 1. The van der Waals surface area contributed by atoms with Crippen LogP contribution in [0.2, 0.25) is 0 Å². The van der Waals surface area contributed by atoms with Crippen molar-refractivity contribution >= 4 is 5.91 Å². The number of nitrogens with one attached hydrogen (secondary N) is 1. The number of benzene rings is 1. The zero-order valence-electron chi connectivity index (χ0n) is 11.8. The second-order valence-electron chi connectivity index (χ2n) is 5.45. The van der Waals surface area contributed by atoms with Gasteiger partial charge in [0.05, 0.1) is 13.2 Å². The number of amides is 1. The van der Waals surface area contributed by atoms with Gasteiger partial charge in [0.25, 0.3) is 0 Å². The fourth-order valence-electron chi connectivity index (χ4n) is 2.70. The first kappa shape index (κ1) is 13.9. The van der Waals surface area contributed by atoms with Crippen LogP contribution in [0.3, 0.4) is 0 Å². The van der Waals surface area contributed by atoms with Gasteiger partial charge in [0, 0.05) is 6.04 Å². The van der Waals surface area contributed by atoms with Crippen LogP contribution >= 0.6 is 0 Å². The molecule has 1 aliphatic rings. The minimum absolute atomic E-state index is 0.185. The first-order valence-corrected chi connectivity index (χ1v) is 6.75. The maximum atomic E-state index is 11.5. The number of methoxy groups -OCH3 is 1. The number of rotatable bonds is 5. The Bertz CT molecular complexity index is 471. The Labute approximate surface area is 114 Å². The number of hydrogen-bond acceptors (Lipinski definition) is 3. The first-order valence-electron chi connectivity index (χ1n) is 6.75. The van der Waals surface area contributed by atoms with E-state index in [1.54, 1.807) is 7.11 Å². The molecule has 0 radical (unpaired) electrons. The first-order chi connectivity index (χ1) is 9.02. The lowest BCUT2D eigenvalue weighted by Crippen LogP contribution is -2.46. The molecule has 0 spiro atoms. The van der Waals surface area contributed by atoms with Crippen LogP contribution in [0.25, 0.3) is 0 Å². The average molecular weight is 262 g/mol. The molecule has 0 aromatic heterocycles. The zero-order chi connectivity index (χ0) is 14.0. The van der Waals surface area contributed by atoms with Gasteiger partial charge in [0.1, 0.15) is 5.75 Å². The van der Waals surface area contributed by atoms with E-state index in [1.165, 1.54) is 11.1 Å². The minimum atomic E-state index is -0.290. The van der Waals surface area contributed by atoms with Crippen LogP contribution in [0, 0.1) is 5.92 Å². The molecule has 4 heteroatoms. The third-order valence-corrected chi connectivity index (χ3v) is 3.78. The number of hydrogen-bond donors (Lipinski definition) is 2. The fourth-order valence-corrected chi connectivity index (χ4v) is 2.70. The largest absolute Gasteiger partial charge is 0.497 e. The maximum Gasteiger partial charge on any atom is 0.234 e. The van der Waals surface area contributed by atoms with Crippen molar-refractivity contribution in [2.24, 2.45) is 11.7 Å². The van der Waals surface area contributed by atoms with Crippen LogP contribution in [-0.4, -0.2) is 19.1 Å². The molecule has 2 rings (SSSR count). The van der Waals surface area contributed by atoms with Crippen LogP contribution in [0.15, 0.2) is 18.2 Å². The SMILES string of the molecule is COc1ccc2c(c1)C(NC(C(N)=O)C(C)C)CC2. The molecule has 4 nitrogen and oxygen atoms in total. The number of ether oxygens (including phenoxy) is 1. The molecule has 2 atom stereocenters.